The van der Waals surface area contributed by atoms with Gasteiger partial charge in [-0.1, -0.05) is 54.2 Å². The van der Waals surface area contributed by atoms with Crippen molar-refractivity contribution in [2.24, 2.45) is 0 Å². The van der Waals surface area contributed by atoms with E-state index >= 15 is 0 Å². The molecule has 32 heavy (non-hydrogen) atoms. The first-order chi connectivity index (χ1) is 15.5. The van der Waals surface area contributed by atoms with Crippen LogP contribution in [0.4, 0.5) is 8.78 Å². The van der Waals surface area contributed by atoms with Gasteiger partial charge in [0.05, 0.1) is 17.4 Å². The lowest BCUT2D eigenvalue weighted by atomic mass is 10.1. The molecule has 0 aliphatic carbocycles. The van der Waals surface area contributed by atoms with E-state index in [2.05, 4.69) is 15.5 Å². The van der Waals surface area contributed by atoms with Crippen LogP contribution in [0, 0.1) is 11.6 Å². The third-order valence-electron chi connectivity index (χ3n) is 4.84. The van der Waals surface area contributed by atoms with Crippen LogP contribution in [0.15, 0.2) is 84.0 Å². The molecule has 1 unspecified atom stereocenters. The summed E-state index contributed by atoms with van der Waals surface area (Å²) in [7, 11) is 0. The van der Waals surface area contributed by atoms with Crippen molar-refractivity contribution in [2.45, 2.75) is 18.1 Å². The van der Waals surface area contributed by atoms with E-state index in [1.54, 1.807) is 34.9 Å². The minimum atomic E-state index is -0.403. The first kappa shape index (κ1) is 21.7. The number of aromatic nitrogens is 3. The number of para-hydroxylation sites is 1. The molecule has 4 aromatic rings. The molecular formula is C24H20F2N4OS. The highest BCUT2D eigenvalue weighted by atomic mass is 32.2. The van der Waals surface area contributed by atoms with Gasteiger partial charge in [-0.2, -0.15) is 0 Å². The third-order valence-corrected chi connectivity index (χ3v) is 5.77. The van der Waals surface area contributed by atoms with Crippen LogP contribution in [0.3, 0.4) is 0 Å². The summed E-state index contributed by atoms with van der Waals surface area (Å²) in [6.45, 7) is 1.83. The average Bonchev–Trinajstić information content (AvgIpc) is 3.22. The highest BCUT2D eigenvalue weighted by Crippen LogP contribution is 2.29. The van der Waals surface area contributed by atoms with Crippen molar-refractivity contribution in [1.82, 2.24) is 20.1 Å². The van der Waals surface area contributed by atoms with Gasteiger partial charge in [-0.25, -0.2) is 8.78 Å². The molecule has 0 aliphatic heterocycles. The summed E-state index contributed by atoms with van der Waals surface area (Å²) < 4.78 is 29.3. The normalized spacial score (nSPS) is 11.8. The summed E-state index contributed by atoms with van der Waals surface area (Å²) in [5.74, 6) is -0.486. The van der Waals surface area contributed by atoms with E-state index in [1.165, 1.54) is 30.0 Å². The molecule has 1 aromatic heterocycles. The number of hydrogen-bond donors (Lipinski definition) is 1. The van der Waals surface area contributed by atoms with Crippen molar-refractivity contribution in [3.63, 3.8) is 0 Å². The average molecular weight is 451 g/mol. The summed E-state index contributed by atoms with van der Waals surface area (Å²) in [5.41, 5.74) is 1.89. The molecule has 5 nitrogen and oxygen atoms in total. The van der Waals surface area contributed by atoms with Gasteiger partial charge in [-0.15, -0.1) is 10.2 Å². The van der Waals surface area contributed by atoms with E-state index in [4.69, 9.17) is 0 Å². The molecule has 0 saturated carbocycles. The first-order valence-electron chi connectivity index (χ1n) is 9.96. The van der Waals surface area contributed by atoms with Gasteiger partial charge in [0.15, 0.2) is 11.0 Å². The number of carbonyl (C=O) groups is 1. The van der Waals surface area contributed by atoms with Crippen LogP contribution in [0.25, 0.3) is 17.1 Å². The van der Waals surface area contributed by atoms with Crippen LogP contribution in [0.5, 0.6) is 0 Å². The summed E-state index contributed by atoms with van der Waals surface area (Å²) in [6, 6.07) is 21.4. The molecular weight excluding hydrogens is 430 g/mol. The lowest BCUT2D eigenvalue weighted by Gasteiger charge is -2.14. The highest BCUT2D eigenvalue weighted by Gasteiger charge is 2.19. The summed E-state index contributed by atoms with van der Waals surface area (Å²) >= 11 is 1.21. The fraction of sp³-hybridized carbons (Fsp3) is 0.125. The second-order valence-electron chi connectivity index (χ2n) is 7.09. The van der Waals surface area contributed by atoms with Gasteiger partial charge in [-0.3, -0.25) is 9.36 Å². The van der Waals surface area contributed by atoms with E-state index in [0.29, 0.717) is 16.5 Å². The maximum atomic E-state index is 14.4. The zero-order valence-corrected chi connectivity index (χ0v) is 18.0. The Morgan fingerprint density at radius 3 is 2.38 bits per heavy atom. The summed E-state index contributed by atoms with van der Waals surface area (Å²) in [5, 5.41) is 11.8. The molecule has 0 spiro atoms. The largest absolute Gasteiger partial charge is 0.349 e. The number of benzene rings is 3. The smallest absolute Gasteiger partial charge is 0.230 e. The van der Waals surface area contributed by atoms with Crippen LogP contribution in [-0.4, -0.2) is 26.4 Å². The lowest BCUT2D eigenvalue weighted by molar-refractivity contribution is -0.119. The maximum Gasteiger partial charge on any atom is 0.230 e. The van der Waals surface area contributed by atoms with Crippen LogP contribution >= 0.6 is 11.8 Å². The van der Waals surface area contributed by atoms with Crippen molar-refractivity contribution < 1.29 is 13.6 Å². The molecule has 162 valence electrons. The lowest BCUT2D eigenvalue weighted by Crippen LogP contribution is -2.28. The molecule has 1 N–H and O–H groups in total. The molecule has 1 heterocycles. The third kappa shape index (κ3) is 4.86. The van der Waals surface area contributed by atoms with Crippen molar-refractivity contribution in [3.8, 4) is 17.1 Å². The molecule has 0 fully saturated rings. The molecule has 4 rings (SSSR count). The number of halogens is 2. The van der Waals surface area contributed by atoms with Gasteiger partial charge < -0.3 is 5.32 Å². The number of rotatable bonds is 7. The number of amides is 1. The van der Waals surface area contributed by atoms with Gasteiger partial charge in [0.2, 0.25) is 5.91 Å². The van der Waals surface area contributed by atoms with Crippen LogP contribution in [-0.2, 0) is 4.79 Å². The molecule has 1 atom stereocenters. The number of nitrogens with one attached hydrogen (secondary N) is 1. The molecule has 3 aromatic carbocycles. The Bertz CT molecular complexity index is 1210. The molecule has 0 bridgehead atoms. The quantitative estimate of drug-likeness (QED) is 0.394. The number of carbonyl (C=O) groups excluding carboxylic acids is 1. The van der Waals surface area contributed by atoms with E-state index in [9.17, 15) is 13.6 Å². The fourth-order valence-electron chi connectivity index (χ4n) is 3.24. The van der Waals surface area contributed by atoms with E-state index < -0.39 is 5.82 Å². The van der Waals surface area contributed by atoms with E-state index in [0.717, 1.165) is 11.3 Å². The summed E-state index contributed by atoms with van der Waals surface area (Å²) in [6.07, 6.45) is 0. The Morgan fingerprint density at radius 1 is 0.969 bits per heavy atom. The van der Waals surface area contributed by atoms with Crippen LogP contribution in [0.1, 0.15) is 18.5 Å². The fourth-order valence-corrected chi connectivity index (χ4v) is 4.00. The maximum absolute atomic E-state index is 14.4. The Morgan fingerprint density at radius 2 is 1.66 bits per heavy atom. The zero-order chi connectivity index (χ0) is 22.5. The monoisotopic (exact) mass is 450 g/mol. The van der Waals surface area contributed by atoms with E-state index in [1.807, 2.05) is 37.3 Å². The van der Waals surface area contributed by atoms with Crippen molar-refractivity contribution in [2.75, 3.05) is 5.75 Å². The second-order valence-corrected chi connectivity index (χ2v) is 8.03. The van der Waals surface area contributed by atoms with Gasteiger partial charge in [0.25, 0.3) is 0 Å². The molecule has 8 heteroatoms. The van der Waals surface area contributed by atoms with Gasteiger partial charge in [-0.05, 0) is 48.9 Å². The van der Waals surface area contributed by atoms with Crippen molar-refractivity contribution >= 4 is 17.7 Å². The number of nitrogens with zero attached hydrogens (tertiary/aromatic N) is 3. The Balaban J connectivity index is 1.54. The van der Waals surface area contributed by atoms with Gasteiger partial charge in [0.1, 0.15) is 11.6 Å². The number of thioether (sulfide) groups is 1. The standard InChI is InChI=1S/C24H20F2N4OS/c1-16(17-11-13-18(25)14-12-17)27-22(31)15-32-24-29-28-23(20-9-5-6-10-21(20)26)30(24)19-7-3-2-4-8-19/h2-14,16H,15H2,1H3,(H,27,31). The van der Waals surface area contributed by atoms with E-state index in [-0.39, 0.29) is 23.5 Å². The SMILES string of the molecule is CC(NC(=O)CSc1nnc(-c2ccccc2F)n1-c1ccccc1)c1ccc(F)cc1. The first-order valence-corrected chi connectivity index (χ1v) is 10.9. The van der Waals surface area contributed by atoms with Crippen molar-refractivity contribution in [3.05, 3.63) is 96.1 Å². The Labute approximate surface area is 188 Å². The Kier molecular flexibility index (Phi) is 6.61. The zero-order valence-electron chi connectivity index (χ0n) is 17.2. The minimum absolute atomic E-state index is 0.0910. The summed E-state index contributed by atoms with van der Waals surface area (Å²) in [4.78, 5) is 12.5. The highest BCUT2D eigenvalue weighted by molar-refractivity contribution is 7.99. The molecule has 0 aliphatic rings. The van der Waals surface area contributed by atoms with Crippen LogP contribution in [0.2, 0.25) is 0 Å². The topological polar surface area (TPSA) is 59.8 Å². The van der Waals surface area contributed by atoms with Crippen LogP contribution < -0.4 is 5.32 Å². The van der Waals surface area contributed by atoms with Gasteiger partial charge in [0, 0.05) is 5.69 Å². The molecule has 1 amide bonds. The molecule has 0 radical (unpaired) electrons. The predicted octanol–water partition coefficient (Wildman–Crippen LogP) is 5.18. The van der Waals surface area contributed by atoms with Gasteiger partial charge >= 0.3 is 0 Å². The number of hydrogen-bond acceptors (Lipinski definition) is 4. The van der Waals surface area contributed by atoms with Crippen molar-refractivity contribution in [1.29, 1.82) is 0 Å². The second kappa shape index (κ2) is 9.74. The minimum Gasteiger partial charge on any atom is -0.349 e. The predicted molar refractivity (Wildman–Crippen MR) is 120 cm³/mol. The molecule has 0 saturated heterocycles. The Hall–Kier alpha value is -3.52.